The second-order valence-corrected chi connectivity index (χ2v) is 4.57. The summed E-state index contributed by atoms with van der Waals surface area (Å²) in [5, 5.41) is 6.02. The van der Waals surface area contributed by atoms with Gasteiger partial charge in [-0.15, -0.1) is 0 Å². The smallest absolute Gasteiger partial charge is 0.253 e. The first-order chi connectivity index (χ1) is 8.19. The fraction of sp³-hybridized carbons (Fsp3) is 0.417. The summed E-state index contributed by atoms with van der Waals surface area (Å²) < 4.78 is 0. The average molecular weight is 253 g/mol. The van der Waals surface area contributed by atoms with Crippen LogP contribution in [-0.4, -0.2) is 31.0 Å². The Labute approximate surface area is 106 Å². The summed E-state index contributed by atoms with van der Waals surface area (Å²) in [7, 11) is 0. The van der Waals surface area contributed by atoms with Crippen molar-refractivity contribution in [2.24, 2.45) is 0 Å². The van der Waals surface area contributed by atoms with Crippen LogP contribution in [0.25, 0.3) is 0 Å². The fourth-order valence-corrected chi connectivity index (χ4v) is 1.76. The largest absolute Gasteiger partial charge is 0.399 e. The van der Waals surface area contributed by atoms with Crippen molar-refractivity contribution in [3.8, 4) is 0 Å². The van der Waals surface area contributed by atoms with E-state index in [4.69, 9.17) is 5.73 Å². The van der Waals surface area contributed by atoms with Gasteiger partial charge in [0.1, 0.15) is 0 Å². The highest BCUT2D eigenvalue weighted by molar-refractivity contribution is 7.98. The van der Waals surface area contributed by atoms with E-state index in [2.05, 4.69) is 10.6 Å². The molecule has 5 heteroatoms. The second kappa shape index (κ2) is 7.06. The van der Waals surface area contributed by atoms with Gasteiger partial charge in [-0.2, -0.15) is 11.8 Å². The van der Waals surface area contributed by atoms with Gasteiger partial charge in [0.25, 0.3) is 5.91 Å². The molecule has 17 heavy (non-hydrogen) atoms. The number of carbonyl (C=O) groups excluding carboxylic acids is 1. The van der Waals surface area contributed by atoms with Crippen molar-refractivity contribution in [1.82, 2.24) is 5.32 Å². The molecule has 1 aromatic rings. The van der Waals surface area contributed by atoms with E-state index in [0.717, 1.165) is 18.0 Å². The van der Waals surface area contributed by atoms with Gasteiger partial charge in [0.05, 0.1) is 5.56 Å². The molecule has 0 bridgehead atoms. The molecule has 1 aromatic carbocycles. The lowest BCUT2D eigenvalue weighted by molar-refractivity contribution is 0.0956. The predicted octanol–water partition coefficient (Wildman–Crippen LogP) is 1.79. The van der Waals surface area contributed by atoms with Gasteiger partial charge >= 0.3 is 0 Å². The lowest BCUT2D eigenvalue weighted by atomic mass is 10.1. The van der Waals surface area contributed by atoms with Crippen molar-refractivity contribution < 1.29 is 4.79 Å². The van der Waals surface area contributed by atoms with E-state index >= 15 is 0 Å². The van der Waals surface area contributed by atoms with Gasteiger partial charge in [-0.25, -0.2) is 0 Å². The van der Waals surface area contributed by atoms with Gasteiger partial charge < -0.3 is 16.4 Å². The standard InChI is InChI=1S/C12H19N3OS/c1-3-14-12(16)10-5-4-9(13)8-11(10)15-6-7-17-2/h4-5,8,15H,3,6-7,13H2,1-2H3,(H,14,16). The van der Waals surface area contributed by atoms with Gasteiger partial charge in [0, 0.05) is 30.2 Å². The molecule has 0 aliphatic carbocycles. The molecule has 1 rings (SSSR count). The lowest BCUT2D eigenvalue weighted by Gasteiger charge is -2.12. The summed E-state index contributed by atoms with van der Waals surface area (Å²) in [5.74, 6) is 0.919. The third kappa shape index (κ3) is 4.19. The highest BCUT2D eigenvalue weighted by Crippen LogP contribution is 2.19. The first-order valence-corrected chi connectivity index (χ1v) is 6.99. The monoisotopic (exact) mass is 253 g/mol. The highest BCUT2D eigenvalue weighted by Gasteiger charge is 2.10. The molecule has 0 fully saturated rings. The molecular formula is C12H19N3OS. The van der Waals surface area contributed by atoms with E-state index in [1.54, 1.807) is 30.0 Å². The highest BCUT2D eigenvalue weighted by atomic mass is 32.2. The van der Waals surface area contributed by atoms with Crippen LogP contribution in [0.5, 0.6) is 0 Å². The molecule has 0 unspecified atom stereocenters. The molecular weight excluding hydrogens is 234 g/mol. The number of benzene rings is 1. The fourth-order valence-electron chi connectivity index (χ4n) is 1.45. The van der Waals surface area contributed by atoms with E-state index in [0.29, 0.717) is 17.8 Å². The minimum Gasteiger partial charge on any atom is -0.399 e. The van der Waals surface area contributed by atoms with E-state index in [1.165, 1.54) is 0 Å². The van der Waals surface area contributed by atoms with Gasteiger partial charge in [0.2, 0.25) is 0 Å². The van der Waals surface area contributed by atoms with E-state index in [1.807, 2.05) is 13.2 Å². The number of nitrogens with two attached hydrogens (primary N) is 1. The molecule has 0 saturated carbocycles. The minimum absolute atomic E-state index is 0.0702. The van der Waals surface area contributed by atoms with Crippen LogP contribution in [0.1, 0.15) is 17.3 Å². The summed E-state index contributed by atoms with van der Waals surface area (Å²) in [6, 6.07) is 5.29. The number of rotatable bonds is 6. The Balaban J connectivity index is 2.83. The maximum absolute atomic E-state index is 11.8. The molecule has 0 aliphatic rings. The number of hydrogen-bond acceptors (Lipinski definition) is 4. The molecule has 0 aliphatic heterocycles. The number of amides is 1. The molecule has 0 atom stereocenters. The zero-order valence-electron chi connectivity index (χ0n) is 10.2. The zero-order valence-corrected chi connectivity index (χ0v) is 11.1. The van der Waals surface area contributed by atoms with Gasteiger partial charge in [-0.3, -0.25) is 4.79 Å². The molecule has 4 N–H and O–H groups in total. The molecule has 0 spiro atoms. The Bertz CT molecular complexity index is 382. The average Bonchev–Trinajstić information content (AvgIpc) is 2.30. The van der Waals surface area contributed by atoms with Crippen molar-refractivity contribution in [1.29, 1.82) is 0 Å². The first kappa shape index (κ1) is 13.7. The Hall–Kier alpha value is -1.36. The third-order valence-electron chi connectivity index (χ3n) is 2.25. The summed E-state index contributed by atoms with van der Waals surface area (Å²) in [4.78, 5) is 11.8. The quantitative estimate of drug-likeness (QED) is 0.534. The van der Waals surface area contributed by atoms with Gasteiger partial charge in [-0.05, 0) is 31.4 Å². The van der Waals surface area contributed by atoms with Gasteiger partial charge in [-0.1, -0.05) is 0 Å². The maximum Gasteiger partial charge on any atom is 0.253 e. The minimum atomic E-state index is -0.0702. The molecule has 0 radical (unpaired) electrons. The third-order valence-corrected chi connectivity index (χ3v) is 2.86. The van der Waals surface area contributed by atoms with Crippen LogP contribution >= 0.6 is 11.8 Å². The summed E-state index contributed by atoms with van der Waals surface area (Å²) in [6.07, 6.45) is 2.05. The van der Waals surface area contributed by atoms with Crippen molar-refractivity contribution in [2.45, 2.75) is 6.92 Å². The Morgan fingerprint density at radius 3 is 2.88 bits per heavy atom. The summed E-state index contributed by atoms with van der Waals surface area (Å²) >= 11 is 1.76. The van der Waals surface area contributed by atoms with E-state index in [9.17, 15) is 4.79 Å². The van der Waals surface area contributed by atoms with E-state index < -0.39 is 0 Å². The second-order valence-electron chi connectivity index (χ2n) is 3.58. The summed E-state index contributed by atoms with van der Waals surface area (Å²) in [6.45, 7) is 3.33. The number of carbonyl (C=O) groups is 1. The molecule has 4 nitrogen and oxygen atoms in total. The summed E-state index contributed by atoms with van der Waals surface area (Å²) in [5.41, 5.74) is 7.82. The normalized spacial score (nSPS) is 10.0. The van der Waals surface area contributed by atoms with Crippen LogP contribution in [0.2, 0.25) is 0 Å². The Morgan fingerprint density at radius 2 is 2.24 bits per heavy atom. The number of hydrogen-bond donors (Lipinski definition) is 3. The molecule has 0 aromatic heterocycles. The Morgan fingerprint density at radius 1 is 1.47 bits per heavy atom. The van der Waals surface area contributed by atoms with Crippen molar-refractivity contribution in [2.75, 3.05) is 36.1 Å². The van der Waals surface area contributed by atoms with Crippen LogP contribution in [0, 0.1) is 0 Å². The zero-order chi connectivity index (χ0) is 12.7. The van der Waals surface area contributed by atoms with Gasteiger partial charge in [0.15, 0.2) is 0 Å². The number of nitrogen functional groups attached to an aromatic ring is 1. The van der Waals surface area contributed by atoms with Crippen LogP contribution in [0.4, 0.5) is 11.4 Å². The van der Waals surface area contributed by atoms with Crippen molar-refractivity contribution in [3.05, 3.63) is 23.8 Å². The van der Waals surface area contributed by atoms with Crippen molar-refractivity contribution >= 4 is 29.0 Å². The van der Waals surface area contributed by atoms with Crippen LogP contribution in [-0.2, 0) is 0 Å². The maximum atomic E-state index is 11.8. The number of nitrogens with one attached hydrogen (secondary N) is 2. The number of anilines is 2. The molecule has 94 valence electrons. The van der Waals surface area contributed by atoms with Crippen LogP contribution in [0.15, 0.2) is 18.2 Å². The SMILES string of the molecule is CCNC(=O)c1ccc(N)cc1NCCSC. The molecule has 0 heterocycles. The Kier molecular flexibility index (Phi) is 5.69. The predicted molar refractivity (Wildman–Crippen MR) is 75.7 cm³/mol. The van der Waals surface area contributed by atoms with Crippen LogP contribution < -0.4 is 16.4 Å². The van der Waals surface area contributed by atoms with Crippen molar-refractivity contribution in [3.63, 3.8) is 0 Å². The topological polar surface area (TPSA) is 67.2 Å². The molecule has 1 amide bonds. The number of thioether (sulfide) groups is 1. The van der Waals surface area contributed by atoms with Crippen LogP contribution in [0.3, 0.4) is 0 Å². The molecule has 0 saturated heterocycles. The first-order valence-electron chi connectivity index (χ1n) is 5.59. The lowest BCUT2D eigenvalue weighted by Crippen LogP contribution is -2.24. The van der Waals surface area contributed by atoms with E-state index in [-0.39, 0.29) is 5.91 Å².